The molecule has 2 rings (SSSR count). The lowest BCUT2D eigenvalue weighted by Crippen LogP contribution is -2.30. The van der Waals surface area contributed by atoms with E-state index < -0.39 is 0 Å². The van der Waals surface area contributed by atoms with E-state index >= 15 is 0 Å². The molecule has 4 heteroatoms. The summed E-state index contributed by atoms with van der Waals surface area (Å²) >= 11 is 0. The van der Waals surface area contributed by atoms with Crippen molar-refractivity contribution in [2.45, 2.75) is 39.7 Å². The quantitative estimate of drug-likeness (QED) is 0.831. The van der Waals surface area contributed by atoms with E-state index in [1.165, 1.54) is 5.57 Å². The molecule has 1 aliphatic rings. The first-order valence-corrected chi connectivity index (χ1v) is 6.58. The van der Waals surface area contributed by atoms with Gasteiger partial charge in [-0.15, -0.1) is 0 Å². The van der Waals surface area contributed by atoms with Crippen LogP contribution in [-0.4, -0.2) is 23.1 Å². The van der Waals surface area contributed by atoms with Crippen LogP contribution >= 0.6 is 0 Å². The van der Waals surface area contributed by atoms with Gasteiger partial charge in [-0.2, -0.15) is 0 Å². The molecule has 0 atom stereocenters. The number of hydrogen-bond donors (Lipinski definition) is 1. The summed E-state index contributed by atoms with van der Waals surface area (Å²) in [6.45, 7) is 8.81. The Morgan fingerprint density at radius 2 is 2.22 bits per heavy atom. The predicted molar refractivity (Wildman–Crippen MR) is 74.6 cm³/mol. The van der Waals surface area contributed by atoms with Crippen LogP contribution in [0.4, 0.5) is 5.69 Å². The molecule has 0 spiro atoms. The molecular weight excluding hydrogens is 224 g/mol. The van der Waals surface area contributed by atoms with Crippen molar-refractivity contribution in [3.8, 4) is 0 Å². The lowest BCUT2D eigenvalue weighted by Gasteiger charge is -2.28. The molecule has 0 unspecified atom stereocenters. The first-order chi connectivity index (χ1) is 8.61. The van der Waals surface area contributed by atoms with Gasteiger partial charge in [-0.1, -0.05) is 25.5 Å². The molecule has 1 aliphatic heterocycles. The van der Waals surface area contributed by atoms with Crippen molar-refractivity contribution >= 4 is 5.69 Å². The summed E-state index contributed by atoms with van der Waals surface area (Å²) in [4.78, 5) is 11.3. The van der Waals surface area contributed by atoms with Crippen LogP contribution in [0.25, 0.3) is 0 Å². The number of nitrogens with two attached hydrogens (primary N) is 1. The molecule has 0 bridgehead atoms. The van der Waals surface area contributed by atoms with Crippen LogP contribution < -0.4 is 10.6 Å². The average Bonchev–Trinajstić information content (AvgIpc) is 2.39. The molecular formula is C14H22N4. The first kappa shape index (κ1) is 13.0. The Morgan fingerprint density at radius 1 is 1.44 bits per heavy atom. The van der Waals surface area contributed by atoms with Crippen LogP contribution in [0.5, 0.6) is 0 Å². The van der Waals surface area contributed by atoms with Gasteiger partial charge in [0.15, 0.2) is 0 Å². The molecule has 2 N–H and O–H groups in total. The molecule has 0 radical (unpaired) electrons. The molecule has 0 amide bonds. The standard InChI is InChI=1S/C14H22N4/c1-10(2)14-16-9-13(12(8-15)17-14)18-6-4-11(3)5-7-18/h4,9-10H,5-8,15H2,1-3H3. The van der Waals surface area contributed by atoms with Gasteiger partial charge in [-0.25, -0.2) is 9.97 Å². The van der Waals surface area contributed by atoms with E-state index in [1.807, 2.05) is 6.20 Å². The molecule has 98 valence electrons. The summed E-state index contributed by atoms with van der Waals surface area (Å²) < 4.78 is 0. The van der Waals surface area contributed by atoms with Gasteiger partial charge in [0.05, 0.1) is 17.6 Å². The summed E-state index contributed by atoms with van der Waals surface area (Å²) in [6.07, 6.45) is 5.30. The summed E-state index contributed by atoms with van der Waals surface area (Å²) in [5, 5.41) is 0. The molecule has 0 fully saturated rings. The molecule has 0 aromatic carbocycles. The van der Waals surface area contributed by atoms with E-state index in [0.29, 0.717) is 12.5 Å². The Labute approximate surface area is 109 Å². The highest BCUT2D eigenvalue weighted by Gasteiger charge is 2.16. The van der Waals surface area contributed by atoms with Crippen molar-refractivity contribution in [1.82, 2.24) is 9.97 Å². The highest BCUT2D eigenvalue weighted by atomic mass is 15.2. The minimum Gasteiger partial charge on any atom is -0.365 e. The molecule has 1 aromatic rings. The van der Waals surface area contributed by atoms with Gasteiger partial charge in [-0.3, -0.25) is 0 Å². The second-order valence-electron chi connectivity index (χ2n) is 5.17. The Kier molecular flexibility index (Phi) is 3.97. The second-order valence-corrected chi connectivity index (χ2v) is 5.17. The van der Waals surface area contributed by atoms with Gasteiger partial charge in [0, 0.05) is 25.6 Å². The van der Waals surface area contributed by atoms with E-state index in [-0.39, 0.29) is 0 Å². The zero-order valence-electron chi connectivity index (χ0n) is 11.5. The summed E-state index contributed by atoms with van der Waals surface area (Å²) in [7, 11) is 0. The lowest BCUT2D eigenvalue weighted by molar-refractivity contribution is 0.733. The SMILES string of the molecule is CC1=CCN(c2cnc(C(C)C)nc2CN)CC1. The van der Waals surface area contributed by atoms with Crippen molar-refractivity contribution < 1.29 is 0 Å². The summed E-state index contributed by atoms with van der Waals surface area (Å²) in [6, 6.07) is 0. The first-order valence-electron chi connectivity index (χ1n) is 6.58. The van der Waals surface area contributed by atoms with Crippen molar-refractivity contribution in [2.24, 2.45) is 5.73 Å². The van der Waals surface area contributed by atoms with E-state index in [1.54, 1.807) is 0 Å². The maximum absolute atomic E-state index is 5.82. The van der Waals surface area contributed by atoms with Crippen LogP contribution in [0.15, 0.2) is 17.8 Å². The Morgan fingerprint density at radius 3 is 2.78 bits per heavy atom. The van der Waals surface area contributed by atoms with Gasteiger partial charge in [-0.05, 0) is 13.3 Å². The van der Waals surface area contributed by atoms with E-state index in [9.17, 15) is 0 Å². The number of anilines is 1. The third kappa shape index (κ3) is 2.70. The van der Waals surface area contributed by atoms with E-state index in [4.69, 9.17) is 5.73 Å². The number of rotatable bonds is 3. The molecule has 1 aromatic heterocycles. The van der Waals surface area contributed by atoms with Crippen LogP contribution in [0, 0.1) is 0 Å². The Hall–Kier alpha value is -1.42. The summed E-state index contributed by atoms with van der Waals surface area (Å²) in [5.74, 6) is 1.22. The van der Waals surface area contributed by atoms with E-state index in [2.05, 4.69) is 41.7 Å². The van der Waals surface area contributed by atoms with Crippen LogP contribution in [0.1, 0.15) is 44.6 Å². The minimum atomic E-state index is 0.341. The molecule has 18 heavy (non-hydrogen) atoms. The largest absolute Gasteiger partial charge is 0.365 e. The van der Waals surface area contributed by atoms with Crippen LogP contribution in [-0.2, 0) is 6.54 Å². The van der Waals surface area contributed by atoms with Gasteiger partial charge in [0.25, 0.3) is 0 Å². The predicted octanol–water partition coefficient (Wildman–Crippen LogP) is 2.22. The maximum atomic E-state index is 5.82. The normalized spacial score (nSPS) is 16.1. The zero-order chi connectivity index (χ0) is 13.1. The molecule has 0 saturated carbocycles. The monoisotopic (exact) mass is 246 g/mol. The van der Waals surface area contributed by atoms with Crippen molar-refractivity contribution in [3.63, 3.8) is 0 Å². The summed E-state index contributed by atoms with van der Waals surface area (Å²) in [5.41, 5.74) is 9.33. The van der Waals surface area contributed by atoms with Crippen molar-refractivity contribution in [2.75, 3.05) is 18.0 Å². The third-order valence-corrected chi connectivity index (χ3v) is 3.35. The number of aromatic nitrogens is 2. The van der Waals surface area contributed by atoms with Gasteiger partial charge >= 0.3 is 0 Å². The topological polar surface area (TPSA) is 55.0 Å². The van der Waals surface area contributed by atoms with Crippen LogP contribution in [0.2, 0.25) is 0 Å². The van der Waals surface area contributed by atoms with Crippen molar-refractivity contribution in [1.29, 1.82) is 0 Å². The number of nitrogens with zero attached hydrogens (tertiary/aromatic N) is 3. The highest BCUT2D eigenvalue weighted by molar-refractivity contribution is 5.50. The van der Waals surface area contributed by atoms with Crippen LogP contribution in [0.3, 0.4) is 0 Å². The van der Waals surface area contributed by atoms with Gasteiger partial charge in [0.1, 0.15) is 5.82 Å². The fourth-order valence-electron chi connectivity index (χ4n) is 2.11. The average molecular weight is 246 g/mol. The minimum absolute atomic E-state index is 0.341. The zero-order valence-corrected chi connectivity index (χ0v) is 11.5. The smallest absolute Gasteiger partial charge is 0.131 e. The Bertz CT molecular complexity index is 451. The molecule has 0 saturated heterocycles. The molecule has 2 heterocycles. The highest BCUT2D eigenvalue weighted by Crippen LogP contribution is 2.23. The molecule has 0 aliphatic carbocycles. The fraction of sp³-hybridized carbons (Fsp3) is 0.571. The van der Waals surface area contributed by atoms with Gasteiger partial charge < -0.3 is 10.6 Å². The third-order valence-electron chi connectivity index (χ3n) is 3.35. The van der Waals surface area contributed by atoms with E-state index in [0.717, 1.165) is 36.7 Å². The maximum Gasteiger partial charge on any atom is 0.131 e. The second kappa shape index (κ2) is 5.48. The lowest BCUT2D eigenvalue weighted by atomic mass is 10.1. The number of hydrogen-bond acceptors (Lipinski definition) is 4. The van der Waals surface area contributed by atoms with Crippen molar-refractivity contribution in [3.05, 3.63) is 29.4 Å². The Balaban J connectivity index is 2.28. The fourth-order valence-corrected chi connectivity index (χ4v) is 2.11. The molecule has 4 nitrogen and oxygen atoms in total. The van der Waals surface area contributed by atoms with Gasteiger partial charge in [0.2, 0.25) is 0 Å².